The number of hydrogen-bond donors (Lipinski definition) is 2. The number of carbonyl (C=O) groups is 3. The second-order valence-corrected chi connectivity index (χ2v) is 8.82. The van der Waals surface area contributed by atoms with Crippen LogP contribution >= 0.6 is 11.6 Å². The summed E-state index contributed by atoms with van der Waals surface area (Å²) in [6, 6.07) is 0. The monoisotopic (exact) mass is 446 g/mol. The minimum absolute atomic E-state index is 0.0938. The molecule has 2 aliphatic rings. The molecule has 0 radical (unpaired) electrons. The maximum atomic E-state index is 12.1. The van der Waals surface area contributed by atoms with E-state index in [1.54, 1.807) is 0 Å². The Bertz CT molecular complexity index is 703. The van der Waals surface area contributed by atoms with E-state index in [1.807, 2.05) is 26.8 Å². The molecule has 2 rings (SSSR count). The van der Waals surface area contributed by atoms with Gasteiger partial charge in [-0.2, -0.15) is 0 Å². The molecule has 0 bridgehead atoms. The number of hydrogen-bond acceptors (Lipinski definition) is 7. The first-order valence-electron chi connectivity index (χ1n) is 10.1. The van der Waals surface area contributed by atoms with Gasteiger partial charge >= 0.3 is 17.9 Å². The minimum atomic E-state index is -1.37. The summed E-state index contributed by atoms with van der Waals surface area (Å²) in [5, 5.41) is 20.1. The number of carboxylic acid groups (broad SMARTS) is 1. The van der Waals surface area contributed by atoms with Gasteiger partial charge in [0.25, 0.3) is 0 Å². The van der Waals surface area contributed by atoms with Crippen LogP contribution in [-0.2, 0) is 28.6 Å². The summed E-state index contributed by atoms with van der Waals surface area (Å²) in [6.07, 6.45) is 0.475. The van der Waals surface area contributed by atoms with Crippen molar-refractivity contribution >= 4 is 29.5 Å². The van der Waals surface area contributed by atoms with Crippen molar-refractivity contribution in [2.75, 3.05) is 5.88 Å². The van der Waals surface area contributed by atoms with Gasteiger partial charge in [0.1, 0.15) is 17.8 Å². The number of aliphatic hydroxyl groups is 1. The third kappa shape index (κ3) is 5.74. The Morgan fingerprint density at radius 1 is 1.20 bits per heavy atom. The van der Waals surface area contributed by atoms with Gasteiger partial charge in [0.15, 0.2) is 0 Å². The first-order chi connectivity index (χ1) is 13.9. The smallest absolute Gasteiger partial charge is 0.306 e. The molecule has 1 heterocycles. The van der Waals surface area contributed by atoms with Crippen LogP contribution in [0.5, 0.6) is 0 Å². The van der Waals surface area contributed by atoms with Crippen molar-refractivity contribution in [1.29, 1.82) is 0 Å². The third-order valence-electron chi connectivity index (χ3n) is 5.83. The molecule has 30 heavy (non-hydrogen) atoms. The van der Waals surface area contributed by atoms with Gasteiger partial charge in [-0.15, -0.1) is 11.6 Å². The molecule has 0 aromatic carbocycles. The Morgan fingerprint density at radius 3 is 2.40 bits per heavy atom. The Morgan fingerprint density at radius 2 is 1.87 bits per heavy atom. The summed E-state index contributed by atoms with van der Waals surface area (Å²) in [5.74, 6) is -3.20. The van der Waals surface area contributed by atoms with Crippen molar-refractivity contribution in [3.05, 3.63) is 11.6 Å². The maximum Gasteiger partial charge on any atom is 0.306 e. The maximum absolute atomic E-state index is 12.1. The zero-order chi connectivity index (χ0) is 22.7. The van der Waals surface area contributed by atoms with Gasteiger partial charge in [-0.1, -0.05) is 11.6 Å². The summed E-state index contributed by atoms with van der Waals surface area (Å²) < 4.78 is 17.0. The molecule has 0 spiro atoms. The number of halogens is 1. The van der Waals surface area contributed by atoms with Gasteiger partial charge in [-0.3, -0.25) is 14.4 Å². The molecule has 6 unspecified atom stereocenters. The molecule has 1 aliphatic heterocycles. The molecule has 9 heteroatoms. The van der Waals surface area contributed by atoms with Gasteiger partial charge in [-0.25, -0.2) is 0 Å². The number of epoxide rings is 1. The number of rotatable bonds is 9. The van der Waals surface area contributed by atoms with E-state index >= 15 is 0 Å². The predicted molar refractivity (Wildman–Crippen MR) is 108 cm³/mol. The fourth-order valence-corrected chi connectivity index (χ4v) is 4.61. The van der Waals surface area contributed by atoms with E-state index in [-0.39, 0.29) is 37.7 Å². The molecule has 170 valence electrons. The van der Waals surface area contributed by atoms with Crippen molar-refractivity contribution in [2.24, 2.45) is 5.92 Å². The fourth-order valence-electron chi connectivity index (χ4n) is 4.31. The van der Waals surface area contributed by atoms with Gasteiger partial charge < -0.3 is 24.4 Å². The highest BCUT2D eigenvalue weighted by Crippen LogP contribution is 2.55. The molecule has 1 saturated carbocycles. The van der Waals surface area contributed by atoms with Crippen LogP contribution in [0.1, 0.15) is 59.8 Å². The van der Waals surface area contributed by atoms with Gasteiger partial charge in [0, 0.05) is 6.92 Å². The summed E-state index contributed by atoms with van der Waals surface area (Å²) in [5.41, 5.74) is -1.06. The van der Waals surface area contributed by atoms with E-state index in [1.165, 1.54) is 6.92 Å². The zero-order valence-corrected chi connectivity index (χ0v) is 18.6. The molecular weight excluding hydrogens is 416 g/mol. The predicted octanol–water partition coefficient (Wildman–Crippen LogP) is 2.59. The largest absolute Gasteiger partial charge is 0.481 e. The first kappa shape index (κ1) is 24.6. The molecule has 2 fully saturated rings. The highest BCUT2D eigenvalue weighted by molar-refractivity contribution is 6.18. The molecule has 6 atom stereocenters. The molecule has 1 saturated heterocycles. The van der Waals surface area contributed by atoms with E-state index in [0.717, 1.165) is 5.57 Å². The van der Waals surface area contributed by atoms with Gasteiger partial charge in [-0.05, 0) is 40.0 Å². The molecule has 8 nitrogen and oxygen atoms in total. The summed E-state index contributed by atoms with van der Waals surface area (Å²) >= 11 is 6.13. The summed E-state index contributed by atoms with van der Waals surface area (Å²) in [4.78, 5) is 34.7. The lowest BCUT2D eigenvalue weighted by molar-refractivity contribution is -0.202. The van der Waals surface area contributed by atoms with Crippen molar-refractivity contribution in [3.8, 4) is 0 Å². The Balaban J connectivity index is 2.28. The quantitative estimate of drug-likeness (QED) is 0.240. The van der Waals surface area contributed by atoms with Crippen molar-refractivity contribution in [1.82, 2.24) is 0 Å². The highest BCUT2D eigenvalue weighted by Gasteiger charge is 2.68. The van der Waals surface area contributed by atoms with E-state index < -0.39 is 47.2 Å². The van der Waals surface area contributed by atoms with E-state index in [2.05, 4.69) is 0 Å². The molecule has 1 aliphatic carbocycles. The number of aliphatic carboxylic acids is 1. The van der Waals surface area contributed by atoms with Crippen LogP contribution in [-0.4, -0.2) is 63.5 Å². The molecular formula is C21H31ClO8. The van der Waals surface area contributed by atoms with Crippen LogP contribution < -0.4 is 0 Å². The molecule has 2 N–H and O–H groups in total. The van der Waals surface area contributed by atoms with E-state index in [9.17, 15) is 19.5 Å². The van der Waals surface area contributed by atoms with Crippen LogP contribution in [0.25, 0.3) is 0 Å². The average Bonchev–Trinajstić information content (AvgIpc) is 3.30. The van der Waals surface area contributed by atoms with Gasteiger partial charge in [0.05, 0.1) is 36.3 Å². The molecule has 0 amide bonds. The summed E-state index contributed by atoms with van der Waals surface area (Å²) in [6.45, 7) is 7.03. The lowest BCUT2D eigenvalue weighted by Gasteiger charge is -2.48. The number of ether oxygens (including phenoxy) is 3. The summed E-state index contributed by atoms with van der Waals surface area (Å²) in [7, 11) is 0. The van der Waals surface area contributed by atoms with Gasteiger partial charge in [0.2, 0.25) is 0 Å². The number of esters is 2. The molecule has 0 aromatic rings. The van der Waals surface area contributed by atoms with E-state index in [0.29, 0.717) is 6.42 Å². The van der Waals surface area contributed by atoms with Crippen LogP contribution in [0, 0.1) is 5.92 Å². The topological polar surface area (TPSA) is 123 Å². The first-order valence-corrected chi connectivity index (χ1v) is 10.6. The Hall–Kier alpha value is -1.64. The number of allylic oxidation sites excluding steroid dienone is 1. The fraction of sp³-hybridized carbons (Fsp3) is 0.762. The zero-order valence-electron chi connectivity index (χ0n) is 17.9. The SMILES string of the molecule is CC(=O)OC1C(OC(=O)CCC(=O)O)CCC(O)(CCl)C1C1(C)OC1CC=C(C)C. The second-order valence-electron chi connectivity index (χ2n) is 8.56. The van der Waals surface area contributed by atoms with Crippen LogP contribution in [0.15, 0.2) is 11.6 Å². The number of carbonyl (C=O) groups excluding carboxylic acids is 2. The number of carboxylic acids is 1. The normalized spacial score (nSPS) is 35.3. The van der Waals surface area contributed by atoms with Crippen molar-refractivity contribution in [3.63, 3.8) is 0 Å². The lowest BCUT2D eigenvalue weighted by atomic mass is 9.66. The van der Waals surface area contributed by atoms with E-state index in [4.69, 9.17) is 30.9 Å². The van der Waals surface area contributed by atoms with Crippen LogP contribution in [0.2, 0.25) is 0 Å². The molecule has 0 aromatic heterocycles. The Kier molecular flexibility index (Phi) is 7.93. The van der Waals surface area contributed by atoms with Crippen LogP contribution in [0.3, 0.4) is 0 Å². The third-order valence-corrected chi connectivity index (χ3v) is 6.29. The lowest BCUT2D eigenvalue weighted by Crippen LogP contribution is -2.61. The minimum Gasteiger partial charge on any atom is -0.481 e. The van der Waals surface area contributed by atoms with Crippen LogP contribution in [0.4, 0.5) is 0 Å². The second kappa shape index (κ2) is 9.66. The number of alkyl halides is 1. The highest BCUT2D eigenvalue weighted by atomic mass is 35.5. The standard InChI is InChI=1S/C21H31ClO8/c1-12(2)5-6-15-20(4,30-15)19-18(28-13(3)23)14(9-10-21(19,27)11-22)29-17(26)8-7-16(24)25/h5,14-15,18-19,27H,6-11H2,1-4H3,(H,24,25). The average molecular weight is 447 g/mol. The van der Waals surface area contributed by atoms with Crippen molar-refractivity contribution < 1.29 is 38.8 Å². The Labute approximate surface area is 181 Å². The van der Waals surface area contributed by atoms with Crippen molar-refractivity contribution in [2.45, 2.75) is 89.3 Å².